The maximum absolute atomic E-state index is 10.3. The molecule has 0 fully saturated rings. The molecule has 1 atom stereocenters. The molecule has 2 aromatic carbocycles. The van der Waals surface area contributed by atoms with Crippen molar-refractivity contribution < 1.29 is 5.11 Å². The zero-order valence-corrected chi connectivity index (χ0v) is 10.8. The normalized spacial score (nSPS) is 13.3. The van der Waals surface area contributed by atoms with E-state index in [0.29, 0.717) is 0 Å². The van der Waals surface area contributed by atoms with Crippen LogP contribution in [0.4, 0.5) is 0 Å². The van der Waals surface area contributed by atoms with Crippen LogP contribution in [0.5, 0.6) is 0 Å². The topological polar surface area (TPSA) is 32.3 Å². The van der Waals surface area contributed by atoms with Gasteiger partial charge < -0.3 is 10.4 Å². The smallest absolute Gasteiger partial charge is 0.0948 e. The van der Waals surface area contributed by atoms with Crippen molar-refractivity contribution in [1.29, 1.82) is 0 Å². The number of nitrogens with one attached hydrogen (secondary N) is 1. The van der Waals surface area contributed by atoms with Crippen molar-refractivity contribution >= 4 is 0 Å². The molecule has 0 saturated carbocycles. The van der Waals surface area contributed by atoms with Gasteiger partial charge in [-0.3, -0.25) is 0 Å². The maximum atomic E-state index is 10.3. The molecule has 0 aromatic heterocycles. The first-order valence-electron chi connectivity index (χ1n) is 6.20. The summed E-state index contributed by atoms with van der Waals surface area (Å²) < 4.78 is 0. The van der Waals surface area contributed by atoms with E-state index in [-0.39, 0.29) is 0 Å². The number of rotatable bonds is 4. The Kier molecular flexibility index (Phi) is 3.80. The van der Waals surface area contributed by atoms with Crippen molar-refractivity contribution in [2.45, 2.75) is 18.6 Å². The molecule has 0 aliphatic carbocycles. The van der Waals surface area contributed by atoms with Crippen LogP contribution in [-0.2, 0) is 5.54 Å². The number of aliphatic hydroxyl groups is 1. The minimum Gasteiger partial charge on any atom is -0.391 e. The first kappa shape index (κ1) is 12.8. The number of aliphatic hydroxyl groups excluding tert-OH is 1. The minimum absolute atomic E-state index is 0.535. The molecule has 94 valence electrons. The second kappa shape index (κ2) is 5.34. The van der Waals surface area contributed by atoms with Gasteiger partial charge in [0.1, 0.15) is 0 Å². The highest BCUT2D eigenvalue weighted by Gasteiger charge is 2.37. The van der Waals surface area contributed by atoms with Gasteiger partial charge >= 0.3 is 0 Å². The maximum Gasteiger partial charge on any atom is 0.0948 e. The summed E-state index contributed by atoms with van der Waals surface area (Å²) >= 11 is 0. The molecule has 0 spiro atoms. The van der Waals surface area contributed by atoms with Crippen molar-refractivity contribution in [2.24, 2.45) is 0 Å². The number of benzene rings is 2. The van der Waals surface area contributed by atoms with E-state index in [9.17, 15) is 5.11 Å². The van der Waals surface area contributed by atoms with Crippen molar-refractivity contribution in [2.75, 3.05) is 7.05 Å². The Morgan fingerprint density at radius 3 is 1.56 bits per heavy atom. The molecule has 2 rings (SSSR count). The zero-order valence-electron chi connectivity index (χ0n) is 10.8. The lowest BCUT2D eigenvalue weighted by Crippen LogP contribution is -2.49. The monoisotopic (exact) mass is 241 g/mol. The Morgan fingerprint density at radius 2 is 1.28 bits per heavy atom. The molecule has 0 bridgehead atoms. The summed E-state index contributed by atoms with van der Waals surface area (Å²) in [5, 5.41) is 13.6. The van der Waals surface area contributed by atoms with E-state index in [4.69, 9.17) is 0 Å². The van der Waals surface area contributed by atoms with Crippen LogP contribution in [0.25, 0.3) is 0 Å². The molecule has 1 unspecified atom stereocenters. The lowest BCUT2D eigenvalue weighted by atomic mass is 9.79. The number of likely N-dealkylation sites (N-methyl/N-ethyl adjacent to an activating group) is 1. The molecule has 0 amide bonds. The van der Waals surface area contributed by atoms with Crippen LogP contribution >= 0.6 is 0 Å². The molecule has 18 heavy (non-hydrogen) atoms. The fourth-order valence-electron chi connectivity index (χ4n) is 2.55. The second-order valence-corrected chi connectivity index (χ2v) is 4.47. The molecule has 2 nitrogen and oxygen atoms in total. The van der Waals surface area contributed by atoms with Crippen LogP contribution in [0.1, 0.15) is 18.1 Å². The van der Waals surface area contributed by atoms with Crippen LogP contribution in [0.2, 0.25) is 0 Å². The van der Waals surface area contributed by atoms with Gasteiger partial charge in [-0.05, 0) is 25.1 Å². The van der Waals surface area contributed by atoms with Crippen molar-refractivity contribution in [1.82, 2.24) is 5.32 Å². The average Bonchev–Trinajstić information content (AvgIpc) is 2.42. The summed E-state index contributed by atoms with van der Waals surface area (Å²) in [4.78, 5) is 0. The third kappa shape index (κ3) is 2.05. The fourth-order valence-corrected chi connectivity index (χ4v) is 2.55. The van der Waals surface area contributed by atoms with E-state index < -0.39 is 11.6 Å². The standard InChI is InChI=1S/C16H19NO/c1-13(18)16(17-2,14-9-5-3-6-10-14)15-11-7-4-8-12-15/h3-13,17-18H,1-2H3. The van der Waals surface area contributed by atoms with Gasteiger partial charge in [-0.1, -0.05) is 60.7 Å². The summed E-state index contributed by atoms with van der Waals surface area (Å²) in [7, 11) is 1.88. The first-order valence-corrected chi connectivity index (χ1v) is 6.20. The van der Waals surface area contributed by atoms with E-state index in [1.165, 1.54) is 0 Å². The molecule has 0 radical (unpaired) electrons. The van der Waals surface area contributed by atoms with Gasteiger partial charge in [-0.15, -0.1) is 0 Å². The van der Waals surface area contributed by atoms with E-state index in [1.807, 2.05) is 74.6 Å². The Hall–Kier alpha value is -1.64. The largest absolute Gasteiger partial charge is 0.391 e. The molecule has 2 aromatic rings. The summed E-state index contributed by atoms with van der Waals surface area (Å²) in [6.07, 6.45) is -0.535. The molecule has 2 heteroatoms. The lowest BCUT2D eigenvalue weighted by molar-refractivity contribution is 0.103. The van der Waals surface area contributed by atoms with Crippen LogP contribution < -0.4 is 5.32 Å². The summed E-state index contributed by atoms with van der Waals surface area (Å²) in [6.45, 7) is 1.82. The van der Waals surface area contributed by atoms with Gasteiger partial charge in [0.2, 0.25) is 0 Å². The van der Waals surface area contributed by atoms with Gasteiger partial charge in [0.25, 0.3) is 0 Å². The summed E-state index contributed by atoms with van der Waals surface area (Å²) in [5.41, 5.74) is 1.56. The average molecular weight is 241 g/mol. The van der Waals surface area contributed by atoms with Gasteiger partial charge in [0.15, 0.2) is 0 Å². The van der Waals surface area contributed by atoms with Crippen molar-refractivity contribution in [3.05, 3.63) is 71.8 Å². The molecule has 0 saturated heterocycles. The molecular formula is C16H19NO. The van der Waals surface area contributed by atoms with E-state index in [2.05, 4.69) is 5.32 Å². The van der Waals surface area contributed by atoms with Crippen LogP contribution in [0, 0.1) is 0 Å². The molecule has 0 aliphatic rings. The predicted octanol–water partition coefficient (Wildman–Crippen LogP) is 2.53. The highest BCUT2D eigenvalue weighted by Crippen LogP contribution is 2.32. The summed E-state index contributed by atoms with van der Waals surface area (Å²) in [5.74, 6) is 0. The molecule has 2 N–H and O–H groups in total. The van der Waals surface area contributed by atoms with E-state index in [0.717, 1.165) is 11.1 Å². The van der Waals surface area contributed by atoms with Crippen LogP contribution in [0.3, 0.4) is 0 Å². The Morgan fingerprint density at radius 1 is 0.889 bits per heavy atom. The second-order valence-electron chi connectivity index (χ2n) is 4.47. The number of hydrogen-bond acceptors (Lipinski definition) is 2. The van der Waals surface area contributed by atoms with Crippen molar-refractivity contribution in [3.63, 3.8) is 0 Å². The number of hydrogen-bond donors (Lipinski definition) is 2. The Bertz CT molecular complexity index is 439. The van der Waals surface area contributed by atoms with Gasteiger partial charge in [0, 0.05) is 0 Å². The highest BCUT2D eigenvalue weighted by molar-refractivity contribution is 5.39. The zero-order chi connectivity index (χ0) is 13.0. The first-order chi connectivity index (χ1) is 8.71. The molecule has 0 heterocycles. The quantitative estimate of drug-likeness (QED) is 0.862. The third-order valence-electron chi connectivity index (χ3n) is 3.48. The van der Waals surface area contributed by atoms with E-state index in [1.54, 1.807) is 0 Å². The predicted molar refractivity (Wildman–Crippen MR) is 74.4 cm³/mol. The van der Waals surface area contributed by atoms with Crippen LogP contribution in [0.15, 0.2) is 60.7 Å². The lowest BCUT2D eigenvalue weighted by Gasteiger charge is -2.37. The minimum atomic E-state index is -0.567. The molecule has 0 aliphatic heterocycles. The fraction of sp³-hybridized carbons (Fsp3) is 0.250. The summed E-state index contributed by atoms with van der Waals surface area (Å²) in [6, 6.07) is 20.1. The SMILES string of the molecule is CNC(c1ccccc1)(c1ccccc1)C(C)O. The van der Waals surface area contributed by atoms with Gasteiger partial charge in [0.05, 0.1) is 11.6 Å². The Labute approximate surface area is 108 Å². The van der Waals surface area contributed by atoms with E-state index >= 15 is 0 Å². The van der Waals surface area contributed by atoms with Gasteiger partial charge in [-0.2, -0.15) is 0 Å². The highest BCUT2D eigenvalue weighted by atomic mass is 16.3. The van der Waals surface area contributed by atoms with Gasteiger partial charge in [-0.25, -0.2) is 0 Å². The third-order valence-corrected chi connectivity index (χ3v) is 3.48. The molecular weight excluding hydrogens is 222 g/mol. The van der Waals surface area contributed by atoms with Crippen molar-refractivity contribution in [3.8, 4) is 0 Å². The Balaban J connectivity index is 2.61. The van der Waals surface area contributed by atoms with Crippen LogP contribution in [-0.4, -0.2) is 18.3 Å².